The largest absolute Gasteiger partial charge is 0.497 e. The molecule has 12 nitrogen and oxygen atoms in total. The molecular formula is C34H44N8O4. The van der Waals surface area contributed by atoms with Crippen molar-refractivity contribution in [1.82, 2.24) is 19.9 Å². The third kappa shape index (κ3) is 7.68. The Morgan fingerprint density at radius 1 is 0.587 bits per heavy atom. The van der Waals surface area contributed by atoms with E-state index in [1.165, 1.54) is 0 Å². The first-order chi connectivity index (χ1) is 22.5. The molecule has 0 aliphatic heterocycles. The minimum atomic E-state index is -0.471. The molecule has 244 valence electrons. The molecule has 0 bridgehead atoms. The zero-order chi connectivity index (χ0) is 31.9. The van der Waals surface area contributed by atoms with Gasteiger partial charge in [-0.25, -0.2) is 9.97 Å². The van der Waals surface area contributed by atoms with E-state index in [2.05, 4.69) is 21.3 Å². The maximum absolute atomic E-state index is 10.7. The summed E-state index contributed by atoms with van der Waals surface area (Å²) in [4.78, 5) is 19.6. The van der Waals surface area contributed by atoms with E-state index in [1.54, 1.807) is 14.2 Å². The van der Waals surface area contributed by atoms with E-state index in [0.29, 0.717) is 47.7 Å². The number of rotatable bonds is 12. The van der Waals surface area contributed by atoms with Crippen LogP contribution in [0.1, 0.15) is 62.5 Å². The Bertz CT molecular complexity index is 1470. The zero-order valence-corrected chi connectivity index (χ0v) is 26.5. The van der Waals surface area contributed by atoms with E-state index in [-0.39, 0.29) is 12.1 Å². The highest BCUT2D eigenvalue weighted by Gasteiger charge is 2.27. The maximum Gasteiger partial charge on any atom is 0.225 e. The summed E-state index contributed by atoms with van der Waals surface area (Å²) >= 11 is 0. The van der Waals surface area contributed by atoms with Gasteiger partial charge in [-0.2, -0.15) is 9.97 Å². The van der Waals surface area contributed by atoms with Gasteiger partial charge in [0.15, 0.2) is 11.6 Å². The highest BCUT2D eigenvalue weighted by Crippen LogP contribution is 2.31. The lowest BCUT2D eigenvalue weighted by molar-refractivity contribution is 0.116. The molecule has 4 aromatic rings. The van der Waals surface area contributed by atoms with Crippen LogP contribution in [0.5, 0.6) is 11.5 Å². The number of ether oxygens (including phenoxy) is 2. The Hall–Kier alpha value is -4.42. The number of hydrogen-bond donors (Lipinski definition) is 6. The molecule has 2 fully saturated rings. The molecule has 6 N–H and O–H groups in total. The predicted molar refractivity (Wildman–Crippen MR) is 180 cm³/mol. The number of nitrogens with one attached hydrogen (secondary N) is 4. The summed E-state index contributed by atoms with van der Waals surface area (Å²) in [6.45, 7) is 0.981. The summed E-state index contributed by atoms with van der Waals surface area (Å²) < 4.78 is 10.6. The smallest absolute Gasteiger partial charge is 0.225 e. The van der Waals surface area contributed by atoms with E-state index >= 15 is 0 Å². The zero-order valence-electron chi connectivity index (χ0n) is 26.5. The van der Waals surface area contributed by atoms with Crippen molar-refractivity contribution in [2.45, 2.75) is 88.7 Å². The number of nitrogens with zero attached hydrogens (tertiary/aromatic N) is 4. The average Bonchev–Trinajstić information content (AvgIpc) is 3.09. The molecule has 0 amide bonds. The number of aliphatic hydroxyl groups excluding tert-OH is 2. The molecular weight excluding hydrogens is 584 g/mol. The summed E-state index contributed by atoms with van der Waals surface area (Å²) in [5.74, 6) is 3.45. The topological polar surface area (TPSA) is 159 Å². The minimum absolute atomic E-state index is 0.147. The number of benzene rings is 2. The fourth-order valence-corrected chi connectivity index (χ4v) is 6.14. The molecule has 46 heavy (non-hydrogen) atoms. The second-order valence-electron chi connectivity index (χ2n) is 12.1. The van der Waals surface area contributed by atoms with Gasteiger partial charge in [0.1, 0.15) is 22.5 Å². The van der Waals surface area contributed by atoms with Crippen molar-refractivity contribution in [2.24, 2.45) is 0 Å². The second kappa shape index (κ2) is 14.8. The monoisotopic (exact) mass is 628 g/mol. The van der Waals surface area contributed by atoms with Crippen LogP contribution in [0.25, 0.3) is 11.0 Å². The van der Waals surface area contributed by atoms with Crippen LogP contribution in [-0.2, 0) is 13.1 Å². The molecule has 12 heteroatoms. The van der Waals surface area contributed by atoms with Gasteiger partial charge in [0.2, 0.25) is 11.9 Å². The molecule has 2 aromatic carbocycles. The normalized spacial score (nSPS) is 21.4. The van der Waals surface area contributed by atoms with E-state index in [9.17, 15) is 10.2 Å². The number of methoxy groups -OCH3 is 2. The fraction of sp³-hybridized carbons (Fsp3) is 0.471. The lowest BCUT2D eigenvalue weighted by atomic mass is 9.93. The van der Waals surface area contributed by atoms with Crippen LogP contribution in [0, 0.1) is 0 Å². The summed E-state index contributed by atoms with van der Waals surface area (Å²) in [5, 5.41) is 35.2. The molecule has 0 unspecified atom stereocenters. The lowest BCUT2D eigenvalue weighted by Gasteiger charge is -2.29. The van der Waals surface area contributed by atoms with Crippen LogP contribution < -0.4 is 30.7 Å². The third-order valence-electron chi connectivity index (χ3n) is 8.87. The van der Waals surface area contributed by atoms with Crippen molar-refractivity contribution in [1.29, 1.82) is 0 Å². The van der Waals surface area contributed by atoms with Crippen molar-refractivity contribution in [3.05, 3.63) is 59.7 Å². The van der Waals surface area contributed by atoms with Gasteiger partial charge in [0, 0.05) is 13.1 Å². The standard InChI is InChI=1S/C34H44N8O4/c1-45-23-15-11-21(12-16-23)19-35-31-29-30(40-33(41-31)37-25-7-3-5-9-27(25)43)32(36-20-22-13-17-24(46-2)18-14-22)42-34(39-29)38-26-8-4-6-10-28(26)44/h11-18,25-28,43-44H,3-10,19-20H2,1-2H3,(H2,35,37,40,41)(H2,36,38,39,42)/t25-,26-,27-,28-/m1/s1. The van der Waals surface area contributed by atoms with Crippen molar-refractivity contribution in [2.75, 3.05) is 35.5 Å². The van der Waals surface area contributed by atoms with Crippen LogP contribution in [0.4, 0.5) is 23.5 Å². The highest BCUT2D eigenvalue weighted by atomic mass is 16.5. The van der Waals surface area contributed by atoms with Gasteiger partial charge in [0.05, 0.1) is 38.5 Å². The van der Waals surface area contributed by atoms with E-state index in [0.717, 1.165) is 74.0 Å². The van der Waals surface area contributed by atoms with Gasteiger partial charge in [-0.15, -0.1) is 0 Å². The van der Waals surface area contributed by atoms with Gasteiger partial charge < -0.3 is 41.0 Å². The Labute approximate surface area is 269 Å². The number of aliphatic hydroxyl groups is 2. The molecule has 2 aliphatic carbocycles. The Balaban J connectivity index is 1.38. The number of anilines is 4. The second-order valence-corrected chi connectivity index (χ2v) is 12.1. The Morgan fingerprint density at radius 3 is 1.35 bits per heavy atom. The van der Waals surface area contributed by atoms with Crippen LogP contribution in [0.2, 0.25) is 0 Å². The maximum atomic E-state index is 10.7. The molecule has 2 aliphatic rings. The van der Waals surface area contributed by atoms with Gasteiger partial charge in [-0.1, -0.05) is 49.9 Å². The van der Waals surface area contributed by atoms with E-state index in [1.807, 2.05) is 48.5 Å². The molecule has 0 saturated heterocycles. The quantitative estimate of drug-likeness (QED) is 0.124. The summed E-state index contributed by atoms with van der Waals surface area (Å²) in [5.41, 5.74) is 3.17. The summed E-state index contributed by atoms with van der Waals surface area (Å²) in [7, 11) is 3.30. The summed E-state index contributed by atoms with van der Waals surface area (Å²) in [6, 6.07) is 15.4. The molecule has 2 heterocycles. The number of fused-ring (bicyclic) bond motifs is 1. The molecule has 2 aromatic heterocycles. The number of hydrogen-bond acceptors (Lipinski definition) is 12. The van der Waals surface area contributed by atoms with Crippen molar-refractivity contribution >= 4 is 34.6 Å². The third-order valence-corrected chi connectivity index (χ3v) is 8.87. The van der Waals surface area contributed by atoms with Gasteiger partial charge >= 0.3 is 0 Å². The highest BCUT2D eigenvalue weighted by molar-refractivity contribution is 5.94. The van der Waals surface area contributed by atoms with Crippen LogP contribution in [0.3, 0.4) is 0 Å². The Morgan fingerprint density at radius 2 is 0.978 bits per heavy atom. The summed E-state index contributed by atoms with van der Waals surface area (Å²) in [6.07, 6.45) is 6.29. The first-order valence-corrected chi connectivity index (χ1v) is 16.2. The molecule has 2 saturated carbocycles. The van der Waals surface area contributed by atoms with E-state index in [4.69, 9.17) is 29.4 Å². The molecule has 0 radical (unpaired) electrons. The molecule has 4 atom stereocenters. The van der Waals surface area contributed by atoms with Crippen LogP contribution in [0.15, 0.2) is 48.5 Å². The van der Waals surface area contributed by atoms with Crippen LogP contribution >= 0.6 is 0 Å². The first kappa shape index (κ1) is 31.6. The first-order valence-electron chi connectivity index (χ1n) is 16.2. The number of aromatic nitrogens is 4. The fourth-order valence-electron chi connectivity index (χ4n) is 6.14. The van der Waals surface area contributed by atoms with Crippen molar-refractivity contribution < 1.29 is 19.7 Å². The van der Waals surface area contributed by atoms with Crippen molar-refractivity contribution in [3.8, 4) is 11.5 Å². The van der Waals surface area contributed by atoms with Gasteiger partial charge in [-0.3, -0.25) is 0 Å². The molecule has 6 rings (SSSR count). The van der Waals surface area contributed by atoms with Gasteiger partial charge in [-0.05, 0) is 61.1 Å². The minimum Gasteiger partial charge on any atom is -0.497 e. The average molecular weight is 629 g/mol. The lowest BCUT2D eigenvalue weighted by Crippen LogP contribution is -2.37. The van der Waals surface area contributed by atoms with Crippen molar-refractivity contribution in [3.63, 3.8) is 0 Å². The SMILES string of the molecule is COc1ccc(CNc2nc(N[C@@H]3CCCC[C@H]3O)nc3c(NCc4ccc(OC)cc4)nc(N[C@@H]4CCCC[C@H]4O)nc23)cc1. The molecule has 0 spiro atoms. The van der Waals surface area contributed by atoms with Gasteiger partial charge in [0.25, 0.3) is 0 Å². The van der Waals surface area contributed by atoms with E-state index < -0.39 is 12.2 Å². The Kier molecular flexibility index (Phi) is 10.1. The predicted octanol–water partition coefficient (Wildman–Crippen LogP) is 5.09. The van der Waals surface area contributed by atoms with Crippen LogP contribution in [-0.4, -0.2) is 68.7 Å².